The second-order valence-corrected chi connectivity index (χ2v) is 3.19. The summed E-state index contributed by atoms with van der Waals surface area (Å²) < 4.78 is 42.2. The van der Waals surface area contributed by atoms with Gasteiger partial charge in [0.2, 0.25) is 0 Å². The van der Waals surface area contributed by atoms with Gasteiger partial charge in [-0.15, -0.1) is 5.10 Å². The first kappa shape index (κ1) is 12.1. The molecule has 0 spiro atoms. The van der Waals surface area contributed by atoms with E-state index in [9.17, 15) is 18.0 Å². The molecule has 0 unspecified atom stereocenters. The van der Waals surface area contributed by atoms with Gasteiger partial charge in [-0.1, -0.05) is 0 Å². The molecule has 0 amide bonds. The number of anilines is 1. The van der Waals surface area contributed by atoms with Crippen molar-refractivity contribution in [1.29, 1.82) is 0 Å². The average Bonchev–Trinajstić information content (AvgIpc) is 2.73. The van der Waals surface area contributed by atoms with Crippen molar-refractivity contribution in [3.8, 4) is 0 Å². The van der Waals surface area contributed by atoms with Crippen LogP contribution >= 0.6 is 0 Å². The van der Waals surface area contributed by atoms with Gasteiger partial charge < -0.3 is 10.5 Å². The first-order chi connectivity index (χ1) is 8.34. The van der Waals surface area contributed by atoms with Crippen molar-refractivity contribution >= 4 is 17.6 Å². The van der Waals surface area contributed by atoms with E-state index in [0.717, 1.165) is 13.3 Å². The van der Waals surface area contributed by atoms with Crippen molar-refractivity contribution in [2.45, 2.75) is 6.18 Å². The molecule has 7 nitrogen and oxygen atoms in total. The molecule has 0 aliphatic carbocycles. The third-order valence-electron chi connectivity index (χ3n) is 2.06. The number of nitrogen functional groups attached to an aromatic ring is 1. The van der Waals surface area contributed by atoms with Crippen molar-refractivity contribution in [3.05, 3.63) is 17.6 Å². The normalized spacial score (nSPS) is 11.8. The summed E-state index contributed by atoms with van der Waals surface area (Å²) in [5.41, 5.74) is 5.31. The van der Waals surface area contributed by atoms with Crippen molar-refractivity contribution < 1.29 is 22.7 Å². The number of carbonyl (C=O) groups excluding carboxylic acids is 1. The van der Waals surface area contributed by atoms with E-state index in [-0.39, 0.29) is 17.2 Å². The van der Waals surface area contributed by atoms with Crippen LogP contribution < -0.4 is 5.73 Å². The second kappa shape index (κ2) is 3.82. The van der Waals surface area contributed by atoms with Crippen LogP contribution in [0.1, 0.15) is 16.2 Å². The molecule has 2 aromatic rings. The van der Waals surface area contributed by atoms with Gasteiger partial charge in [0.15, 0.2) is 0 Å². The van der Waals surface area contributed by atoms with E-state index >= 15 is 0 Å². The molecule has 2 rings (SSSR count). The van der Waals surface area contributed by atoms with Crippen LogP contribution in [-0.2, 0) is 10.9 Å². The summed E-state index contributed by atoms with van der Waals surface area (Å²) in [6.07, 6.45) is -3.74. The zero-order valence-electron chi connectivity index (χ0n) is 8.89. The highest BCUT2D eigenvalue weighted by atomic mass is 19.4. The number of aromatic nitrogens is 4. The summed E-state index contributed by atoms with van der Waals surface area (Å²) in [4.78, 5) is 18.0. The van der Waals surface area contributed by atoms with E-state index in [0.29, 0.717) is 4.52 Å². The van der Waals surface area contributed by atoms with Crippen LogP contribution in [0.2, 0.25) is 0 Å². The molecule has 18 heavy (non-hydrogen) atoms. The monoisotopic (exact) mass is 261 g/mol. The number of nitrogens with zero attached hydrogens (tertiary/aromatic N) is 4. The molecule has 0 saturated heterocycles. The third kappa shape index (κ3) is 1.81. The summed E-state index contributed by atoms with van der Waals surface area (Å²) in [7, 11) is 1.11. The maximum absolute atomic E-state index is 12.4. The molecule has 0 saturated carbocycles. The van der Waals surface area contributed by atoms with Gasteiger partial charge in [-0.25, -0.2) is 9.78 Å². The minimum atomic E-state index is -4.72. The minimum absolute atomic E-state index is 0.191. The summed E-state index contributed by atoms with van der Waals surface area (Å²) >= 11 is 0. The average molecular weight is 261 g/mol. The molecule has 0 fully saturated rings. The Morgan fingerprint density at radius 3 is 2.72 bits per heavy atom. The lowest BCUT2D eigenvalue weighted by molar-refractivity contribution is -0.144. The quantitative estimate of drug-likeness (QED) is 0.751. The molecule has 0 bridgehead atoms. The molecule has 96 valence electrons. The fraction of sp³-hybridized carbons (Fsp3) is 0.250. The first-order valence-electron chi connectivity index (χ1n) is 4.51. The Morgan fingerprint density at radius 2 is 2.17 bits per heavy atom. The highest BCUT2D eigenvalue weighted by molar-refractivity contribution is 5.94. The molecule has 0 aliphatic rings. The molecule has 2 N–H and O–H groups in total. The zero-order valence-corrected chi connectivity index (χ0v) is 8.89. The van der Waals surface area contributed by atoms with Gasteiger partial charge >= 0.3 is 12.1 Å². The van der Waals surface area contributed by atoms with Gasteiger partial charge in [-0.3, -0.25) is 0 Å². The zero-order chi connectivity index (χ0) is 13.5. The van der Waals surface area contributed by atoms with E-state index < -0.39 is 18.0 Å². The standard InChI is InChI=1S/C8H6F3N5O2/c1-18-5(17)3-2-13-7-14-6(8(9,10)11)15-16(7)4(3)12/h2H,12H2,1H3. The molecule has 0 atom stereocenters. The predicted molar refractivity (Wildman–Crippen MR) is 51.5 cm³/mol. The molecule has 2 heterocycles. The van der Waals surface area contributed by atoms with Crippen molar-refractivity contribution in [2.75, 3.05) is 12.8 Å². The highest BCUT2D eigenvalue weighted by Crippen LogP contribution is 2.27. The van der Waals surface area contributed by atoms with E-state index in [1.165, 1.54) is 0 Å². The highest BCUT2D eigenvalue weighted by Gasteiger charge is 2.37. The predicted octanol–water partition coefficient (Wildman–Crippen LogP) is 0.512. The Hall–Kier alpha value is -2.39. The number of hydrogen-bond acceptors (Lipinski definition) is 6. The Labute approximate surface area is 97.4 Å². The maximum Gasteiger partial charge on any atom is 0.453 e. The molecule has 10 heteroatoms. The Balaban J connectivity index is 2.64. The number of alkyl halides is 3. The number of fused-ring (bicyclic) bond motifs is 1. The van der Waals surface area contributed by atoms with E-state index in [4.69, 9.17) is 5.73 Å². The second-order valence-electron chi connectivity index (χ2n) is 3.19. The first-order valence-corrected chi connectivity index (χ1v) is 4.51. The Bertz CT molecular complexity index is 621. The summed E-state index contributed by atoms with van der Waals surface area (Å²) in [5.74, 6) is -2.89. The van der Waals surface area contributed by atoms with Crippen LogP contribution in [0.5, 0.6) is 0 Å². The maximum atomic E-state index is 12.4. The van der Waals surface area contributed by atoms with Crippen molar-refractivity contribution in [3.63, 3.8) is 0 Å². The number of rotatable bonds is 1. The molecule has 0 aromatic carbocycles. The number of ether oxygens (including phenoxy) is 1. The van der Waals surface area contributed by atoms with Crippen LogP contribution in [0.15, 0.2) is 6.20 Å². The summed E-state index contributed by atoms with van der Waals surface area (Å²) in [6, 6.07) is 0. The summed E-state index contributed by atoms with van der Waals surface area (Å²) in [6.45, 7) is 0. The Morgan fingerprint density at radius 1 is 1.50 bits per heavy atom. The lowest BCUT2D eigenvalue weighted by Gasteiger charge is -2.03. The van der Waals surface area contributed by atoms with Gasteiger partial charge in [0.1, 0.15) is 11.4 Å². The topological polar surface area (TPSA) is 95.4 Å². The van der Waals surface area contributed by atoms with Gasteiger partial charge in [0, 0.05) is 6.20 Å². The number of esters is 1. The van der Waals surface area contributed by atoms with Gasteiger partial charge in [0.05, 0.1) is 7.11 Å². The third-order valence-corrected chi connectivity index (χ3v) is 2.06. The fourth-order valence-corrected chi connectivity index (χ4v) is 1.24. The van der Waals surface area contributed by atoms with Crippen LogP contribution in [-0.4, -0.2) is 32.7 Å². The van der Waals surface area contributed by atoms with Crippen molar-refractivity contribution in [2.24, 2.45) is 0 Å². The molecular formula is C8H6F3N5O2. The van der Waals surface area contributed by atoms with Gasteiger partial charge in [0.25, 0.3) is 11.6 Å². The molecular weight excluding hydrogens is 255 g/mol. The van der Waals surface area contributed by atoms with Crippen LogP contribution in [0, 0.1) is 0 Å². The van der Waals surface area contributed by atoms with Crippen LogP contribution in [0.25, 0.3) is 5.78 Å². The number of methoxy groups -OCH3 is 1. The molecule has 0 radical (unpaired) electrons. The number of hydrogen-bond donors (Lipinski definition) is 1. The van der Waals surface area contributed by atoms with Crippen LogP contribution in [0.3, 0.4) is 0 Å². The minimum Gasteiger partial charge on any atom is -0.465 e. The summed E-state index contributed by atoms with van der Waals surface area (Å²) in [5, 5.41) is 3.15. The number of halogens is 3. The lowest BCUT2D eigenvalue weighted by atomic mass is 10.3. The molecule has 0 aliphatic heterocycles. The number of nitrogens with two attached hydrogens (primary N) is 1. The fourth-order valence-electron chi connectivity index (χ4n) is 1.24. The molecule has 2 aromatic heterocycles. The Kier molecular flexibility index (Phi) is 2.56. The smallest absolute Gasteiger partial charge is 0.453 e. The van der Waals surface area contributed by atoms with E-state index in [2.05, 4.69) is 19.8 Å². The van der Waals surface area contributed by atoms with Crippen molar-refractivity contribution in [1.82, 2.24) is 19.6 Å². The number of carbonyl (C=O) groups is 1. The van der Waals surface area contributed by atoms with Gasteiger partial charge in [-0.2, -0.15) is 22.7 Å². The van der Waals surface area contributed by atoms with Crippen LogP contribution in [0.4, 0.5) is 19.0 Å². The van der Waals surface area contributed by atoms with E-state index in [1.54, 1.807) is 0 Å². The lowest BCUT2D eigenvalue weighted by Crippen LogP contribution is -2.12. The van der Waals surface area contributed by atoms with Gasteiger partial charge in [-0.05, 0) is 0 Å². The van der Waals surface area contributed by atoms with E-state index in [1.807, 2.05) is 0 Å². The largest absolute Gasteiger partial charge is 0.465 e. The SMILES string of the molecule is COC(=O)c1cnc2nc(C(F)(F)F)nn2c1N.